The van der Waals surface area contributed by atoms with Crippen molar-refractivity contribution in [3.63, 3.8) is 0 Å². The number of aromatic nitrogens is 1. The molecule has 1 N–H and O–H groups in total. The Kier molecular flexibility index (Phi) is 3.52. The zero-order chi connectivity index (χ0) is 10.7. The van der Waals surface area contributed by atoms with Gasteiger partial charge in [-0.05, 0) is 52.7 Å². The Morgan fingerprint density at radius 3 is 2.80 bits per heavy atom. The highest BCUT2D eigenvalue weighted by atomic mass is 79.9. The summed E-state index contributed by atoms with van der Waals surface area (Å²) in [5.74, 6) is 1.70. The SMILES string of the molecule is ClCCC1(CNc2ccc(Br)cn2)CC1. The zero-order valence-electron chi connectivity index (χ0n) is 8.47. The molecule has 82 valence electrons. The van der Waals surface area contributed by atoms with Crippen LogP contribution in [0.25, 0.3) is 0 Å². The van der Waals surface area contributed by atoms with E-state index in [-0.39, 0.29) is 0 Å². The third-order valence-corrected chi connectivity index (χ3v) is 3.61. The molecule has 0 bridgehead atoms. The van der Waals surface area contributed by atoms with Crippen LogP contribution in [0.2, 0.25) is 0 Å². The predicted molar refractivity (Wildman–Crippen MR) is 67.4 cm³/mol. The van der Waals surface area contributed by atoms with Crippen LogP contribution < -0.4 is 5.32 Å². The van der Waals surface area contributed by atoms with Crippen LogP contribution >= 0.6 is 27.5 Å². The maximum atomic E-state index is 5.78. The molecular weight excluding hydrogens is 275 g/mol. The number of rotatable bonds is 5. The Morgan fingerprint density at radius 2 is 2.27 bits per heavy atom. The number of hydrogen-bond donors (Lipinski definition) is 1. The number of nitrogens with zero attached hydrogens (tertiary/aromatic N) is 1. The van der Waals surface area contributed by atoms with Gasteiger partial charge in [-0.1, -0.05) is 0 Å². The van der Waals surface area contributed by atoms with Gasteiger partial charge in [0.25, 0.3) is 0 Å². The third-order valence-electron chi connectivity index (χ3n) is 2.95. The lowest BCUT2D eigenvalue weighted by atomic mass is 10.0. The average Bonchev–Trinajstić information content (AvgIpc) is 2.99. The molecule has 15 heavy (non-hydrogen) atoms. The molecule has 0 amide bonds. The molecule has 0 saturated heterocycles. The van der Waals surface area contributed by atoms with E-state index in [1.807, 2.05) is 18.3 Å². The van der Waals surface area contributed by atoms with E-state index in [2.05, 4.69) is 26.2 Å². The maximum absolute atomic E-state index is 5.78. The molecule has 1 saturated carbocycles. The van der Waals surface area contributed by atoms with E-state index in [0.29, 0.717) is 5.41 Å². The largest absolute Gasteiger partial charge is 0.370 e. The van der Waals surface area contributed by atoms with E-state index in [1.54, 1.807) is 0 Å². The summed E-state index contributed by atoms with van der Waals surface area (Å²) in [7, 11) is 0. The van der Waals surface area contributed by atoms with Gasteiger partial charge < -0.3 is 5.32 Å². The highest BCUT2D eigenvalue weighted by Gasteiger charge is 2.41. The van der Waals surface area contributed by atoms with E-state index in [9.17, 15) is 0 Å². The average molecular weight is 290 g/mol. The molecule has 1 aliphatic rings. The molecule has 0 atom stereocenters. The van der Waals surface area contributed by atoms with Crippen LogP contribution in [0.4, 0.5) is 5.82 Å². The van der Waals surface area contributed by atoms with Gasteiger partial charge in [0.05, 0.1) is 0 Å². The number of nitrogens with one attached hydrogen (secondary N) is 1. The molecule has 0 spiro atoms. The van der Waals surface area contributed by atoms with Crippen LogP contribution in [0.1, 0.15) is 19.3 Å². The topological polar surface area (TPSA) is 24.9 Å². The normalized spacial score (nSPS) is 17.5. The summed E-state index contributed by atoms with van der Waals surface area (Å²) in [6.45, 7) is 0.994. The number of anilines is 1. The first-order chi connectivity index (χ1) is 7.24. The van der Waals surface area contributed by atoms with E-state index < -0.39 is 0 Å². The molecule has 1 aromatic heterocycles. The van der Waals surface area contributed by atoms with E-state index in [4.69, 9.17) is 11.6 Å². The number of halogens is 2. The van der Waals surface area contributed by atoms with Crippen molar-refractivity contribution in [1.82, 2.24) is 4.98 Å². The number of hydrogen-bond acceptors (Lipinski definition) is 2. The monoisotopic (exact) mass is 288 g/mol. The summed E-state index contributed by atoms with van der Waals surface area (Å²) in [5.41, 5.74) is 0.455. The Bertz CT molecular complexity index is 322. The van der Waals surface area contributed by atoms with Gasteiger partial charge in [-0.15, -0.1) is 11.6 Å². The van der Waals surface area contributed by atoms with Gasteiger partial charge in [0.15, 0.2) is 0 Å². The van der Waals surface area contributed by atoms with Crippen LogP contribution in [0.15, 0.2) is 22.8 Å². The van der Waals surface area contributed by atoms with Crippen molar-refractivity contribution < 1.29 is 0 Å². The fourth-order valence-corrected chi connectivity index (χ4v) is 2.29. The first-order valence-corrected chi connectivity index (χ1v) is 6.48. The first kappa shape index (κ1) is 11.2. The van der Waals surface area contributed by atoms with Crippen LogP contribution in [0, 0.1) is 5.41 Å². The van der Waals surface area contributed by atoms with Crippen LogP contribution in [0.5, 0.6) is 0 Å². The quantitative estimate of drug-likeness (QED) is 0.837. The third kappa shape index (κ3) is 3.08. The molecule has 2 rings (SSSR count). The van der Waals surface area contributed by atoms with Crippen molar-refractivity contribution >= 4 is 33.3 Å². The van der Waals surface area contributed by atoms with Gasteiger partial charge in [-0.3, -0.25) is 0 Å². The van der Waals surface area contributed by atoms with E-state index in [0.717, 1.165) is 29.1 Å². The van der Waals surface area contributed by atoms with Gasteiger partial charge in [0.1, 0.15) is 5.82 Å². The molecule has 0 aliphatic heterocycles. The van der Waals surface area contributed by atoms with Gasteiger partial charge in [-0.2, -0.15) is 0 Å². The highest BCUT2D eigenvalue weighted by molar-refractivity contribution is 9.10. The summed E-state index contributed by atoms with van der Waals surface area (Å²) >= 11 is 9.14. The molecular formula is C11H14BrClN2. The molecule has 1 fully saturated rings. The van der Waals surface area contributed by atoms with Crippen LogP contribution in [-0.4, -0.2) is 17.4 Å². The molecule has 2 nitrogen and oxygen atoms in total. The molecule has 1 aromatic rings. The highest BCUT2D eigenvalue weighted by Crippen LogP contribution is 2.48. The lowest BCUT2D eigenvalue weighted by Gasteiger charge is -2.14. The number of alkyl halides is 1. The lowest BCUT2D eigenvalue weighted by molar-refractivity contribution is 0.524. The molecule has 4 heteroatoms. The predicted octanol–water partition coefficient (Wildman–Crippen LogP) is 3.67. The second kappa shape index (κ2) is 4.71. The molecule has 0 aromatic carbocycles. The lowest BCUT2D eigenvalue weighted by Crippen LogP contribution is -2.16. The molecule has 0 unspecified atom stereocenters. The minimum absolute atomic E-state index is 0.455. The Hall–Kier alpha value is -0.280. The van der Waals surface area contributed by atoms with Gasteiger partial charge in [0, 0.05) is 23.1 Å². The smallest absolute Gasteiger partial charge is 0.125 e. The van der Waals surface area contributed by atoms with Crippen LogP contribution in [-0.2, 0) is 0 Å². The summed E-state index contributed by atoms with van der Waals surface area (Å²) in [4.78, 5) is 4.28. The van der Waals surface area contributed by atoms with Crippen molar-refractivity contribution in [2.45, 2.75) is 19.3 Å². The Labute approximate surface area is 104 Å². The van der Waals surface area contributed by atoms with Gasteiger partial charge in [-0.25, -0.2) is 4.98 Å². The Morgan fingerprint density at radius 1 is 1.47 bits per heavy atom. The fourth-order valence-electron chi connectivity index (χ4n) is 1.65. The van der Waals surface area contributed by atoms with Crippen molar-refractivity contribution in [1.29, 1.82) is 0 Å². The van der Waals surface area contributed by atoms with Crippen molar-refractivity contribution in [2.24, 2.45) is 5.41 Å². The number of pyridine rings is 1. The standard InChI is InChI=1S/C11H14BrClN2/c12-9-1-2-10(14-7-9)15-8-11(3-4-11)5-6-13/h1-2,7H,3-6,8H2,(H,14,15). The molecule has 1 aliphatic carbocycles. The van der Waals surface area contributed by atoms with E-state index >= 15 is 0 Å². The van der Waals surface area contributed by atoms with Crippen molar-refractivity contribution in [2.75, 3.05) is 17.7 Å². The van der Waals surface area contributed by atoms with Crippen LogP contribution in [0.3, 0.4) is 0 Å². The summed E-state index contributed by atoms with van der Waals surface area (Å²) in [6.07, 6.45) is 5.51. The second-order valence-corrected chi connectivity index (χ2v) is 5.45. The van der Waals surface area contributed by atoms with Crippen molar-refractivity contribution in [3.05, 3.63) is 22.8 Å². The maximum Gasteiger partial charge on any atom is 0.125 e. The van der Waals surface area contributed by atoms with Gasteiger partial charge in [0.2, 0.25) is 0 Å². The Balaban J connectivity index is 1.85. The molecule has 1 heterocycles. The summed E-state index contributed by atoms with van der Waals surface area (Å²) in [6, 6.07) is 3.98. The first-order valence-electron chi connectivity index (χ1n) is 5.16. The zero-order valence-corrected chi connectivity index (χ0v) is 10.8. The van der Waals surface area contributed by atoms with Crippen molar-refractivity contribution in [3.8, 4) is 0 Å². The van der Waals surface area contributed by atoms with Gasteiger partial charge >= 0.3 is 0 Å². The van der Waals surface area contributed by atoms with E-state index in [1.165, 1.54) is 12.8 Å². The second-order valence-electron chi connectivity index (χ2n) is 4.15. The summed E-state index contributed by atoms with van der Waals surface area (Å²) < 4.78 is 1.01. The minimum Gasteiger partial charge on any atom is -0.370 e. The minimum atomic E-state index is 0.455. The molecule has 0 radical (unpaired) electrons. The summed E-state index contributed by atoms with van der Waals surface area (Å²) in [5, 5.41) is 3.37. The fraction of sp³-hybridized carbons (Fsp3) is 0.545.